The third kappa shape index (κ3) is 5.31. The van der Waals surface area contributed by atoms with Crippen LogP contribution in [0, 0.1) is 11.8 Å². The number of nitrogens with one attached hydrogen (secondary N) is 2. The number of hydrogen-bond acceptors (Lipinski definition) is 2. The summed E-state index contributed by atoms with van der Waals surface area (Å²) in [4.78, 5) is 4.62. The van der Waals surface area contributed by atoms with E-state index >= 15 is 0 Å². The van der Waals surface area contributed by atoms with Gasteiger partial charge in [-0.3, -0.25) is 10.4 Å². The summed E-state index contributed by atoms with van der Waals surface area (Å²) in [5, 5.41) is 3.46. The zero-order valence-electron chi connectivity index (χ0n) is 13.0. The van der Waals surface area contributed by atoms with Gasteiger partial charge in [-0.15, -0.1) is 0 Å². The number of aliphatic imine (C=N–C) groups is 1. The number of hydrogen-bond donors (Lipinski definition) is 3. The average Bonchev–Trinajstić information content (AvgIpc) is 2.49. The molecule has 116 valence electrons. The van der Waals surface area contributed by atoms with Gasteiger partial charge in [0.05, 0.1) is 0 Å². The Labute approximate surface area is 124 Å². The normalized spacial score (nSPS) is 29.2. The highest BCUT2D eigenvalue weighted by Crippen LogP contribution is 2.30. The summed E-state index contributed by atoms with van der Waals surface area (Å²) in [6, 6.07) is 0.564. The zero-order chi connectivity index (χ0) is 14.2. The van der Waals surface area contributed by atoms with E-state index in [1.807, 2.05) is 0 Å². The number of nitrogens with two attached hydrogens (primary N) is 1. The summed E-state index contributed by atoms with van der Waals surface area (Å²) in [5.41, 5.74) is 2.73. The lowest BCUT2D eigenvalue weighted by Crippen LogP contribution is -2.47. The maximum Gasteiger partial charge on any atom is 0.205 e. The van der Waals surface area contributed by atoms with Gasteiger partial charge < -0.3 is 5.32 Å². The third-order valence-corrected chi connectivity index (χ3v) is 5.03. The van der Waals surface area contributed by atoms with Crippen molar-refractivity contribution in [2.24, 2.45) is 22.7 Å². The second-order valence-electron chi connectivity index (χ2n) is 6.77. The molecule has 0 amide bonds. The molecule has 4 heteroatoms. The Bertz CT molecular complexity index is 289. The van der Waals surface area contributed by atoms with Gasteiger partial charge in [-0.25, -0.2) is 5.84 Å². The van der Waals surface area contributed by atoms with Crippen molar-refractivity contribution >= 4 is 5.96 Å². The van der Waals surface area contributed by atoms with Crippen LogP contribution in [0.3, 0.4) is 0 Å². The molecule has 0 heterocycles. The van der Waals surface area contributed by atoms with Gasteiger partial charge >= 0.3 is 0 Å². The van der Waals surface area contributed by atoms with E-state index in [2.05, 4.69) is 22.7 Å². The summed E-state index contributed by atoms with van der Waals surface area (Å²) < 4.78 is 0. The number of nitrogens with zero attached hydrogens (tertiary/aromatic N) is 1. The molecule has 2 fully saturated rings. The molecule has 0 spiro atoms. The van der Waals surface area contributed by atoms with Crippen LogP contribution in [0.5, 0.6) is 0 Å². The van der Waals surface area contributed by atoms with Crippen LogP contribution in [-0.4, -0.2) is 18.5 Å². The fourth-order valence-corrected chi connectivity index (χ4v) is 3.55. The highest BCUT2D eigenvalue weighted by atomic mass is 15.3. The second kappa shape index (κ2) is 8.50. The third-order valence-electron chi connectivity index (χ3n) is 5.03. The van der Waals surface area contributed by atoms with E-state index in [1.54, 1.807) is 0 Å². The van der Waals surface area contributed by atoms with Gasteiger partial charge in [0, 0.05) is 12.6 Å². The van der Waals surface area contributed by atoms with Crippen LogP contribution in [0.15, 0.2) is 4.99 Å². The monoisotopic (exact) mass is 280 g/mol. The van der Waals surface area contributed by atoms with Crippen molar-refractivity contribution in [3.05, 3.63) is 0 Å². The molecule has 0 aromatic heterocycles. The number of rotatable bonds is 4. The Balaban J connectivity index is 1.67. The first-order valence-corrected chi connectivity index (χ1v) is 8.55. The van der Waals surface area contributed by atoms with Gasteiger partial charge in [-0.2, -0.15) is 0 Å². The molecule has 20 heavy (non-hydrogen) atoms. The Morgan fingerprint density at radius 2 is 1.75 bits per heavy atom. The van der Waals surface area contributed by atoms with Crippen molar-refractivity contribution in [2.45, 2.75) is 77.2 Å². The maximum atomic E-state index is 5.58. The predicted octanol–water partition coefficient (Wildman–Crippen LogP) is 2.94. The van der Waals surface area contributed by atoms with Crippen LogP contribution in [0.25, 0.3) is 0 Å². The van der Waals surface area contributed by atoms with E-state index in [0.717, 1.165) is 24.3 Å². The van der Waals surface area contributed by atoms with Gasteiger partial charge in [0.25, 0.3) is 0 Å². The SMILES string of the molecule is CC1CCC(CCN=C(NN)NC2CCCCC2)CC1. The van der Waals surface area contributed by atoms with Gasteiger partial charge in [0.15, 0.2) is 0 Å². The number of hydrazine groups is 1. The lowest BCUT2D eigenvalue weighted by molar-refractivity contribution is 0.280. The quantitative estimate of drug-likeness (QED) is 0.321. The van der Waals surface area contributed by atoms with Crippen molar-refractivity contribution < 1.29 is 0 Å². The summed E-state index contributed by atoms with van der Waals surface area (Å²) >= 11 is 0. The molecule has 0 saturated heterocycles. The van der Waals surface area contributed by atoms with Crippen molar-refractivity contribution in [1.82, 2.24) is 10.7 Å². The molecule has 2 saturated carbocycles. The van der Waals surface area contributed by atoms with Gasteiger partial charge in [0.2, 0.25) is 5.96 Å². The fraction of sp³-hybridized carbons (Fsp3) is 0.938. The first kappa shape index (κ1) is 15.6. The molecule has 0 atom stereocenters. The van der Waals surface area contributed by atoms with Gasteiger partial charge in [-0.05, 0) is 31.1 Å². The van der Waals surface area contributed by atoms with Crippen molar-refractivity contribution in [2.75, 3.05) is 6.54 Å². The number of guanidine groups is 1. The molecule has 0 radical (unpaired) electrons. The van der Waals surface area contributed by atoms with E-state index in [4.69, 9.17) is 5.84 Å². The summed E-state index contributed by atoms with van der Waals surface area (Å²) in [6.45, 7) is 3.28. The molecule has 0 aromatic carbocycles. The summed E-state index contributed by atoms with van der Waals surface area (Å²) in [7, 11) is 0. The Kier molecular flexibility index (Phi) is 6.64. The molecule has 2 aliphatic rings. The van der Waals surface area contributed by atoms with Gasteiger partial charge in [-0.1, -0.05) is 51.9 Å². The Morgan fingerprint density at radius 1 is 1.05 bits per heavy atom. The Morgan fingerprint density at radius 3 is 2.40 bits per heavy atom. The van der Waals surface area contributed by atoms with Gasteiger partial charge in [0.1, 0.15) is 0 Å². The fourth-order valence-electron chi connectivity index (χ4n) is 3.55. The van der Waals surface area contributed by atoms with Crippen molar-refractivity contribution in [3.8, 4) is 0 Å². The first-order chi connectivity index (χ1) is 9.78. The van der Waals surface area contributed by atoms with Crippen molar-refractivity contribution in [3.63, 3.8) is 0 Å². The molecule has 2 rings (SSSR count). The van der Waals surface area contributed by atoms with E-state index in [-0.39, 0.29) is 0 Å². The van der Waals surface area contributed by atoms with E-state index in [1.165, 1.54) is 64.2 Å². The topological polar surface area (TPSA) is 62.4 Å². The standard InChI is InChI=1S/C16H32N4/c1-13-7-9-14(10-8-13)11-12-18-16(20-17)19-15-5-3-2-4-6-15/h13-15H,2-12,17H2,1H3,(H2,18,19,20). The molecule has 4 nitrogen and oxygen atoms in total. The highest BCUT2D eigenvalue weighted by molar-refractivity contribution is 5.79. The van der Waals surface area contributed by atoms with Crippen LogP contribution < -0.4 is 16.6 Å². The van der Waals surface area contributed by atoms with Crippen LogP contribution in [0.4, 0.5) is 0 Å². The summed E-state index contributed by atoms with van der Waals surface area (Å²) in [5.74, 6) is 8.19. The maximum absolute atomic E-state index is 5.58. The van der Waals surface area contributed by atoms with E-state index < -0.39 is 0 Å². The second-order valence-corrected chi connectivity index (χ2v) is 6.77. The minimum Gasteiger partial charge on any atom is -0.353 e. The Hall–Kier alpha value is -0.770. The van der Waals surface area contributed by atoms with E-state index in [0.29, 0.717) is 6.04 Å². The molecular formula is C16H32N4. The predicted molar refractivity (Wildman–Crippen MR) is 85.4 cm³/mol. The molecule has 2 aliphatic carbocycles. The molecule has 4 N–H and O–H groups in total. The van der Waals surface area contributed by atoms with Crippen LogP contribution >= 0.6 is 0 Å². The minimum absolute atomic E-state index is 0.564. The largest absolute Gasteiger partial charge is 0.353 e. The highest BCUT2D eigenvalue weighted by Gasteiger charge is 2.18. The van der Waals surface area contributed by atoms with Crippen LogP contribution in [-0.2, 0) is 0 Å². The molecular weight excluding hydrogens is 248 g/mol. The molecule has 0 unspecified atom stereocenters. The minimum atomic E-state index is 0.564. The zero-order valence-corrected chi connectivity index (χ0v) is 13.0. The van der Waals surface area contributed by atoms with Crippen molar-refractivity contribution in [1.29, 1.82) is 0 Å². The smallest absolute Gasteiger partial charge is 0.205 e. The first-order valence-electron chi connectivity index (χ1n) is 8.55. The van der Waals surface area contributed by atoms with Crippen LogP contribution in [0.2, 0.25) is 0 Å². The lowest BCUT2D eigenvalue weighted by atomic mass is 9.81. The van der Waals surface area contributed by atoms with E-state index in [9.17, 15) is 0 Å². The van der Waals surface area contributed by atoms with Crippen LogP contribution in [0.1, 0.15) is 71.1 Å². The molecule has 0 bridgehead atoms. The lowest BCUT2D eigenvalue weighted by Gasteiger charge is -2.26. The molecule has 0 aliphatic heterocycles. The molecule has 0 aromatic rings. The summed E-state index contributed by atoms with van der Waals surface area (Å²) in [6.07, 6.45) is 13.3. The average molecular weight is 280 g/mol.